The summed E-state index contributed by atoms with van der Waals surface area (Å²) in [6.45, 7) is 1.33. The number of aromatic nitrogens is 2. The third kappa shape index (κ3) is 2.10. The summed E-state index contributed by atoms with van der Waals surface area (Å²) in [6.07, 6.45) is 8.07. The van der Waals surface area contributed by atoms with Crippen LogP contribution < -0.4 is 9.47 Å². The molecule has 0 bridgehead atoms. The van der Waals surface area contributed by atoms with E-state index in [2.05, 4.69) is 31.9 Å². The van der Waals surface area contributed by atoms with Crippen molar-refractivity contribution in [3.05, 3.63) is 29.0 Å². The highest BCUT2D eigenvalue weighted by Crippen LogP contribution is 2.41. The Morgan fingerprint density at radius 1 is 1.25 bits per heavy atom. The zero-order chi connectivity index (χ0) is 13.5. The van der Waals surface area contributed by atoms with Gasteiger partial charge in [-0.15, -0.1) is 0 Å². The van der Waals surface area contributed by atoms with Crippen LogP contribution in [-0.2, 0) is 6.54 Å². The molecule has 1 aromatic heterocycles. The van der Waals surface area contributed by atoms with E-state index in [0.717, 1.165) is 39.6 Å². The second-order valence-corrected chi connectivity index (χ2v) is 6.29. The first-order valence-corrected chi connectivity index (χ1v) is 7.71. The lowest BCUT2D eigenvalue weighted by Gasteiger charge is -2.24. The molecule has 0 spiro atoms. The molecule has 2 aliphatic rings. The standard InChI is InChI=1S/C15H15BrN2O2/c16-13-5-15-14(19-9-20-15)4-12(13)11-6-17-18(8-11)7-10-2-1-3-10/h4-6,8,10H,1-3,7,9H2. The number of halogens is 1. The molecule has 4 nitrogen and oxygen atoms in total. The van der Waals surface area contributed by atoms with Crippen molar-refractivity contribution in [2.24, 2.45) is 5.92 Å². The van der Waals surface area contributed by atoms with E-state index in [9.17, 15) is 0 Å². The van der Waals surface area contributed by atoms with E-state index in [1.165, 1.54) is 19.3 Å². The highest BCUT2D eigenvalue weighted by atomic mass is 79.9. The molecule has 0 N–H and O–H groups in total. The van der Waals surface area contributed by atoms with Crippen molar-refractivity contribution in [2.75, 3.05) is 6.79 Å². The number of nitrogens with zero attached hydrogens (tertiary/aromatic N) is 2. The molecular formula is C15H15BrN2O2. The van der Waals surface area contributed by atoms with Gasteiger partial charge in [0, 0.05) is 28.3 Å². The number of rotatable bonds is 3. The Morgan fingerprint density at radius 3 is 2.80 bits per heavy atom. The number of hydrogen-bond donors (Lipinski definition) is 0. The Morgan fingerprint density at radius 2 is 2.05 bits per heavy atom. The maximum absolute atomic E-state index is 5.44. The quantitative estimate of drug-likeness (QED) is 0.855. The van der Waals surface area contributed by atoms with Gasteiger partial charge in [0.15, 0.2) is 11.5 Å². The fraction of sp³-hybridized carbons (Fsp3) is 0.400. The molecule has 20 heavy (non-hydrogen) atoms. The maximum Gasteiger partial charge on any atom is 0.231 e. The third-order valence-electron chi connectivity index (χ3n) is 4.08. The first kappa shape index (κ1) is 12.3. The van der Waals surface area contributed by atoms with Crippen LogP contribution in [0.4, 0.5) is 0 Å². The lowest BCUT2D eigenvalue weighted by molar-refractivity contribution is 0.174. The van der Waals surface area contributed by atoms with E-state index >= 15 is 0 Å². The predicted molar refractivity (Wildman–Crippen MR) is 78.8 cm³/mol. The molecule has 5 heteroatoms. The topological polar surface area (TPSA) is 36.3 Å². The summed E-state index contributed by atoms with van der Waals surface area (Å²) in [6, 6.07) is 3.97. The molecule has 0 unspecified atom stereocenters. The monoisotopic (exact) mass is 334 g/mol. The summed E-state index contributed by atoms with van der Waals surface area (Å²) in [4.78, 5) is 0. The normalized spacial score (nSPS) is 17.2. The molecule has 1 saturated carbocycles. The average molecular weight is 335 g/mol. The molecule has 1 aliphatic carbocycles. The number of fused-ring (bicyclic) bond motifs is 1. The fourth-order valence-corrected chi connectivity index (χ4v) is 3.23. The van der Waals surface area contributed by atoms with Crippen LogP contribution >= 0.6 is 15.9 Å². The van der Waals surface area contributed by atoms with Crippen molar-refractivity contribution in [1.82, 2.24) is 9.78 Å². The van der Waals surface area contributed by atoms with Gasteiger partial charge in [-0.1, -0.05) is 22.4 Å². The van der Waals surface area contributed by atoms with Crippen LogP contribution in [0, 0.1) is 5.92 Å². The molecule has 2 heterocycles. The molecular weight excluding hydrogens is 320 g/mol. The van der Waals surface area contributed by atoms with Gasteiger partial charge in [-0.2, -0.15) is 5.10 Å². The van der Waals surface area contributed by atoms with Crippen molar-refractivity contribution in [3.63, 3.8) is 0 Å². The summed E-state index contributed by atoms with van der Waals surface area (Å²) < 4.78 is 13.9. The van der Waals surface area contributed by atoms with Crippen molar-refractivity contribution in [2.45, 2.75) is 25.8 Å². The van der Waals surface area contributed by atoms with Gasteiger partial charge in [-0.3, -0.25) is 4.68 Å². The predicted octanol–water partition coefficient (Wildman–Crippen LogP) is 3.84. The summed E-state index contributed by atoms with van der Waals surface area (Å²) in [5.41, 5.74) is 2.20. The number of benzene rings is 1. The number of hydrogen-bond acceptors (Lipinski definition) is 3. The van der Waals surface area contributed by atoms with Gasteiger partial charge < -0.3 is 9.47 Å². The Balaban J connectivity index is 1.63. The first-order valence-electron chi connectivity index (χ1n) is 6.91. The van der Waals surface area contributed by atoms with Crippen molar-refractivity contribution in [3.8, 4) is 22.6 Å². The Labute approximate surface area is 125 Å². The molecule has 0 amide bonds. The van der Waals surface area contributed by atoms with E-state index < -0.39 is 0 Å². The minimum absolute atomic E-state index is 0.298. The van der Waals surface area contributed by atoms with Crippen LogP contribution in [0.3, 0.4) is 0 Å². The summed E-state index contributed by atoms with van der Waals surface area (Å²) in [5, 5.41) is 4.47. The smallest absolute Gasteiger partial charge is 0.231 e. The van der Waals surface area contributed by atoms with E-state index in [1.807, 2.05) is 18.3 Å². The van der Waals surface area contributed by atoms with E-state index in [1.54, 1.807) is 0 Å². The Hall–Kier alpha value is -1.49. The Kier molecular flexibility index (Phi) is 2.95. The largest absolute Gasteiger partial charge is 0.454 e. The van der Waals surface area contributed by atoms with Gasteiger partial charge in [0.1, 0.15) is 0 Å². The van der Waals surface area contributed by atoms with Gasteiger partial charge in [0.25, 0.3) is 0 Å². The summed E-state index contributed by atoms with van der Waals surface area (Å²) in [7, 11) is 0. The van der Waals surface area contributed by atoms with E-state index in [4.69, 9.17) is 9.47 Å². The highest BCUT2D eigenvalue weighted by molar-refractivity contribution is 9.10. The van der Waals surface area contributed by atoms with Crippen LogP contribution in [0.25, 0.3) is 11.1 Å². The van der Waals surface area contributed by atoms with Gasteiger partial charge in [0.05, 0.1) is 6.20 Å². The molecule has 104 valence electrons. The van der Waals surface area contributed by atoms with Crippen molar-refractivity contribution in [1.29, 1.82) is 0 Å². The van der Waals surface area contributed by atoms with Crippen LogP contribution in [0.1, 0.15) is 19.3 Å². The highest BCUT2D eigenvalue weighted by Gasteiger charge is 2.20. The molecule has 4 rings (SSSR count). The maximum atomic E-state index is 5.44. The molecule has 1 fully saturated rings. The molecule has 0 radical (unpaired) electrons. The third-order valence-corrected chi connectivity index (χ3v) is 4.73. The zero-order valence-electron chi connectivity index (χ0n) is 11.0. The molecule has 2 aromatic rings. The molecule has 1 aliphatic heterocycles. The van der Waals surface area contributed by atoms with Crippen molar-refractivity contribution >= 4 is 15.9 Å². The van der Waals surface area contributed by atoms with Gasteiger partial charge in [-0.05, 0) is 30.9 Å². The van der Waals surface area contributed by atoms with Crippen LogP contribution in [0.2, 0.25) is 0 Å². The molecule has 0 saturated heterocycles. The lowest BCUT2D eigenvalue weighted by Crippen LogP contribution is -2.18. The summed E-state index contributed by atoms with van der Waals surface area (Å²) in [5.74, 6) is 2.40. The van der Waals surface area contributed by atoms with Gasteiger partial charge in [0.2, 0.25) is 6.79 Å². The molecule has 1 aromatic carbocycles. The average Bonchev–Trinajstić information content (AvgIpc) is 3.00. The van der Waals surface area contributed by atoms with Crippen LogP contribution in [0.15, 0.2) is 29.0 Å². The van der Waals surface area contributed by atoms with Crippen LogP contribution in [-0.4, -0.2) is 16.6 Å². The number of ether oxygens (including phenoxy) is 2. The second-order valence-electron chi connectivity index (χ2n) is 5.43. The minimum atomic E-state index is 0.298. The molecule has 0 atom stereocenters. The Bertz CT molecular complexity index is 649. The van der Waals surface area contributed by atoms with Gasteiger partial charge in [-0.25, -0.2) is 0 Å². The zero-order valence-corrected chi connectivity index (χ0v) is 12.6. The van der Waals surface area contributed by atoms with Crippen molar-refractivity contribution < 1.29 is 9.47 Å². The summed E-state index contributed by atoms with van der Waals surface area (Å²) >= 11 is 3.60. The van der Waals surface area contributed by atoms with Crippen LogP contribution in [0.5, 0.6) is 11.5 Å². The lowest BCUT2D eigenvalue weighted by atomic mass is 9.85. The SMILES string of the molecule is Brc1cc2c(cc1-c1cnn(CC3CCC3)c1)OCO2. The van der Waals surface area contributed by atoms with Gasteiger partial charge >= 0.3 is 0 Å². The van der Waals surface area contributed by atoms with E-state index in [-0.39, 0.29) is 0 Å². The van der Waals surface area contributed by atoms with E-state index in [0.29, 0.717) is 6.79 Å². The first-order chi connectivity index (χ1) is 9.79. The minimum Gasteiger partial charge on any atom is -0.454 e. The second kappa shape index (κ2) is 4.81. The fourth-order valence-electron chi connectivity index (χ4n) is 2.68.